The molecule has 0 N–H and O–H groups in total. The molecule has 0 saturated heterocycles. The molecule has 0 saturated carbocycles. The molecule has 0 aliphatic heterocycles. The van der Waals surface area contributed by atoms with Crippen LogP contribution in [0.1, 0.15) is 29.7 Å². The van der Waals surface area contributed by atoms with Gasteiger partial charge >= 0.3 is 0 Å². The van der Waals surface area contributed by atoms with Crippen LogP contribution in [0.4, 0.5) is 0 Å². The Hall–Kier alpha value is -3.65. The molecule has 132 valence electrons. The van der Waals surface area contributed by atoms with E-state index in [1.807, 2.05) is 62.4 Å². The van der Waals surface area contributed by atoms with Crippen molar-refractivity contribution < 1.29 is 8.94 Å². The Balaban J connectivity index is 1.77. The first-order valence-corrected chi connectivity index (χ1v) is 8.73. The van der Waals surface area contributed by atoms with Crippen molar-refractivity contribution in [3.63, 3.8) is 0 Å². The Labute approximate surface area is 156 Å². The van der Waals surface area contributed by atoms with Gasteiger partial charge in [0.2, 0.25) is 5.82 Å². The Kier molecular flexibility index (Phi) is 4.31. The van der Waals surface area contributed by atoms with E-state index in [0.29, 0.717) is 11.4 Å². The number of aryl methyl sites for hydroxylation is 2. The fraction of sp³-hybridized carbons (Fsp3) is 0.136. The topological polar surface area (TPSA) is 75.8 Å². The van der Waals surface area contributed by atoms with E-state index in [2.05, 4.69) is 16.2 Å². The maximum Gasteiger partial charge on any atom is 0.268 e. The van der Waals surface area contributed by atoms with Gasteiger partial charge in [-0.05, 0) is 19.1 Å². The van der Waals surface area contributed by atoms with Crippen LogP contribution >= 0.6 is 0 Å². The molecule has 4 aromatic rings. The minimum Gasteiger partial charge on any atom is -0.460 e. The van der Waals surface area contributed by atoms with Crippen molar-refractivity contribution in [3.05, 3.63) is 71.3 Å². The lowest BCUT2D eigenvalue weighted by Crippen LogP contribution is -1.86. The van der Waals surface area contributed by atoms with Crippen LogP contribution in [0.3, 0.4) is 0 Å². The molecule has 0 fully saturated rings. The van der Waals surface area contributed by atoms with Crippen molar-refractivity contribution in [1.82, 2.24) is 10.1 Å². The number of rotatable bonds is 4. The first-order valence-electron chi connectivity index (χ1n) is 8.73. The van der Waals surface area contributed by atoms with Crippen molar-refractivity contribution in [2.75, 3.05) is 0 Å². The molecule has 0 unspecified atom stereocenters. The van der Waals surface area contributed by atoms with Crippen LogP contribution in [-0.4, -0.2) is 10.1 Å². The smallest absolute Gasteiger partial charge is 0.268 e. The van der Waals surface area contributed by atoms with E-state index in [4.69, 9.17) is 8.94 Å². The summed E-state index contributed by atoms with van der Waals surface area (Å²) >= 11 is 0. The van der Waals surface area contributed by atoms with Crippen LogP contribution in [0, 0.1) is 18.3 Å². The molecule has 0 radical (unpaired) electrons. The highest BCUT2D eigenvalue weighted by Gasteiger charge is 2.16. The number of hydrogen-bond donors (Lipinski definition) is 0. The number of para-hydroxylation sites is 1. The molecular formula is C22H17N3O2. The molecular weight excluding hydrogens is 338 g/mol. The van der Waals surface area contributed by atoms with Crippen molar-refractivity contribution in [1.29, 1.82) is 5.26 Å². The molecule has 0 bridgehead atoms. The Morgan fingerprint density at radius 1 is 1.15 bits per heavy atom. The molecule has 2 aromatic heterocycles. The van der Waals surface area contributed by atoms with Gasteiger partial charge in [-0.15, -0.1) is 0 Å². The third kappa shape index (κ3) is 3.13. The van der Waals surface area contributed by atoms with Crippen LogP contribution in [0.15, 0.2) is 57.5 Å². The van der Waals surface area contributed by atoms with Gasteiger partial charge in [-0.2, -0.15) is 10.2 Å². The van der Waals surface area contributed by atoms with Crippen molar-refractivity contribution >= 4 is 22.6 Å². The van der Waals surface area contributed by atoms with E-state index in [1.165, 1.54) is 0 Å². The number of allylic oxidation sites excluding steroid dienone is 1. The van der Waals surface area contributed by atoms with Gasteiger partial charge in [0.05, 0.1) is 0 Å². The van der Waals surface area contributed by atoms with Gasteiger partial charge in [0.1, 0.15) is 23.0 Å². The van der Waals surface area contributed by atoms with Gasteiger partial charge in [-0.3, -0.25) is 0 Å². The van der Waals surface area contributed by atoms with Crippen molar-refractivity contribution in [3.8, 4) is 17.5 Å². The van der Waals surface area contributed by atoms with Gasteiger partial charge in [0.15, 0.2) is 0 Å². The zero-order valence-electron chi connectivity index (χ0n) is 15.1. The first kappa shape index (κ1) is 16.8. The summed E-state index contributed by atoms with van der Waals surface area (Å²) in [6, 6.07) is 17.8. The van der Waals surface area contributed by atoms with E-state index in [-0.39, 0.29) is 5.89 Å². The molecule has 5 nitrogen and oxygen atoms in total. The van der Waals surface area contributed by atoms with Gasteiger partial charge in [-0.1, -0.05) is 60.1 Å². The van der Waals surface area contributed by atoms with Gasteiger partial charge in [-0.25, -0.2) is 0 Å². The largest absolute Gasteiger partial charge is 0.460 e. The monoisotopic (exact) mass is 355 g/mol. The lowest BCUT2D eigenvalue weighted by atomic mass is 10.1. The minimum atomic E-state index is 0.195. The molecule has 0 atom stereocenters. The number of aromatic nitrogens is 2. The molecule has 0 amide bonds. The Morgan fingerprint density at radius 2 is 1.93 bits per heavy atom. The lowest BCUT2D eigenvalue weighted by Gasteiger charge is -1.96. The predicted octanol–water partition coefficient (Wildman–Crippen LogP) is 5.42. The molecule has 2 aromatic carbocycles. The minimum absolute atomic E-state index is 0.195. The highest BCUT2D eigenvalue weighted by atomic mass is 16.5. The number of nitrogens with zero attached hydrogens (tertiary/aromatic N) is 3. The SMILES string of the molecule is CCc1oc2ccccc2c1/C=C(\C#N)c1nc(-c2ccc(C)cc2)no1. The van der Waals surface area contributed by atoms with Crippen LogP contribution in [0.25, 0.3) is 34.0 Å². The number of fused-ring (bicyclic) bond motifs is 1. The van der Waals surface area contributed by atoms with E-state index >= 15 is 0 Å². The van der Waals surface area contributed by atoms with Gasteiger partial charge in [0, 0.05) is 22.9 Å². The highest BCUT2D eigenvalue weighted by Crippen LogP contribution is 2.30. The van der Waals surface area contributed by atoms with Crippen molar-refractivity contribution in [2.45, 2.75) is 20.3 Å². The summed E-state index contributed by atoms with van der Waals surface area (Å²) in [5, 5.41) is 14.6. The molecule has 27 heavy (non-hydrogen) atoms. The summed E-state index contributed by atoms with van der Waals surface area (Å²) < 4.78 is 11.2. The van der Waals surface area contributed by atoms with Crippen LogP contribution in [-0.2, 0) is 6.42 Å². The molecule has 0 aliphatic rings. The number of nitriles is 1. The molecule has 0 spiro atoms. The lowest BCUT2D eigenvalue weighted by molar-refractivity contribution is 0.409. The molecule has 4 rings (SSSR count). The number of hydrogen-bond acceptors (Lipinski definition) is 5. The third-order valence-corrected chi connectivity index (χ3v) is 4.41. The summed E-state index contributed by atoms with van der Waals surface area (Å²) in [6.07, 6.45) is 2.48. The fourth-order valence-corrected chi connectivity index (χ4v) is 2.98. The summed E-state index contributed by atoms with van der Waals surface area (Å²) in [4.78, 5) is 4.40. The van der Waals surface area contributed by atoms with E-state index < -0.39 is 0 Å². The second-order valence-corrected chi connectivity index (χ2v) is 6.25. The van der Waals surface area contributed by atoms with E-state index in [9.17, 15) is 5.26 Å². The quantitative estimate of drug-likeness (QED) is 0.457. The Morgan fingerprint density at radius 3 is 2.67 bits per heavy atom. The second kappa shape index (κ2) is 6.93. The zero-order chi connectivity index (χ0) is 18.8. The van der Waals surface area contributed by atoms with Crippen LogP contribution < -0.4 is 0 Å². The zero-order valence-corrected chi connectivity index (χ0v) is 15.1. The van der Waals surface area contributed by atoms with E-state index in [0.717, 1.165) is 39.8 Å². The van der Waals surface area contributed by atoms with Gasteiger partial charge in [0.25, 0.3) is 5.89 Å². The Bertz CT molecular complexity index is 1170. The molecule has 5 heteroatoms. The summed E-state index contributed by atoms with van der Waals surface area (Å²) in [5.74, 6) is 1.47. The summed E-state index contributed by atoms with van der Waals surface area (Å²) in [6.45, 7) is 4.03. The van der Waals surface area contributed by atoms with E-state index in [1.54, 1.807) is 6.08 Å². The van der Waals surface area contributed by atoms with Gasteiger partial charge < -0.3 is 8.94 Å². The fourth-order valence-electron chi connectivity index (χ4n) is 2.98. The average Bonchev–Trinajstić information content (AvgIpc) is 3.31. The first-order chi connectivity index (χ1) is 13.2. The van der Waals surface area contributed by atoms with Crippen molar-refractivity contribution in [2.24, 2.45) is 0 Å². The number of furan rings is 1. The van der Waals surface area contributed by atoms with Crippen LogP contribution in [0.2, 0.25) is 0 Å². The second-order valence-electron chi connectivity index (χ2n) is 6.25. The molecule has 0 aliphatic carbocycles. The normalized spacial score (nSPS) is 11.7. The summed E-state index contributed by atoms with van der Waals surface area (Å²) in [7, 11) is 0. The number of benzene rings is 2. The average molecular weight is 355 g/mol. The maximum absolute atomic E-state index is 9.65. The maximum atomic E-state index is 9.65. The van der Waals surface area contributed by atoms with Crippen LogP contribution in [0.5, 0.6) is 0 Å². The summed E-state index contributed by atoms with van der Waals surface area (Å²) in [5.41, 5.74) is 3.97. The predicted molar refractivity (Wildman–Crippen MR) is 104 cm³/mol. The molecule has 2 heterocycles. The standard InChI is InChI=1S/C22H17N3O2/c1-3-19-18(17-6-4-5-7-20(17)26-19)12-16(13-23)22-24-21(25-27-22)15-10-8-14(2)9-11-15/h4-12H,3H2,1-2H3/b16-12+. The third-order valence-electron chi connectivity index (χ3n) is 4.41. The highest BCUT2D eigenvalue weighted by molar-refractivity contribution is 5.96.